The standard InChI is InChI=1S/C15H9F3N2O2/c1-22-13-3-2-7(4-11(13)18)14-19-12-6-10(17)9(16)5-8(12)15(21)20-14/h2-6H,1H3,(H,19,20,21). The van der Waals surface area contributed by atoms with Gasteiger partial charge < -0.3 is 9.72 Å². The van der Waals surface area contributed by atoms with Crippen LogP contribution in [0, 0.1) is 17.5 Å². The van der Waals surface area contributed by atoms with Gasteiger partial charge in [0, 0.05) is 11.6 Å². The van der Waals surface area contributed by atoms with Crippen molar-refractivity contribution in [3.05, 3.63) is 58.1 Å². The van der Waals surface area contributed by atoms with Gasteiger partial charge in [0.25, 0.3) is 5.56 Å². The zero-order valence-corrected chi connectivity index (χ0v) is 11.3. The highest BCUT2D eigenvalue weighted by atomic mass is 19.2. The first kappa shape index (κ1) is 14.1. The minimum atomic E-state index is -1.14. The van der Waals surface area contributed by atoms with Crippen LogP contribution in [0.15, 0.2) is 35.1 Å². The number of rotatable bonds is 2. The lowest BCUT2D eigenvalue weighted by Crippen LogP contribution is -2.10. The van der Waals surface area contributed by atoms with Crippen molar-refractivity contribution in [2.24, 2.45) is 0 Å². The third-order valence-electron chi connectivity index (χ3n) is 3.17. The molecule has 112 valence electrons. The number of ether oxygens (including phenoxy) is 1. The lowest BCUT2D eigenvalue weighted by molar-refractivity contribution is 0.386. The first-order valence-corrected chi connectivity index (χ1v) is 6.22. The predicted molar refractivity (Wildman–Crippen MR) is 74.2 cm³/mol. The van der Waals surface area contributed by atoms with Crippen LogP contribution in [0.3, 0.4) is 0 Å². The maximum Gasteiger partial charge on any atom is 0.259 e. The summed E-state index contributed by atoms with van der Waals surface area (Å²) < 4.78 is 45.0. The molecule has 0 aliphatic heterocycles. The first-order chi connectivity index (χ1) is 10.5. The minimum Gasteiger partial charge on any atom is -0.494 e. The molecular weight excluding hydrogens is 297 g/mol. The van der Waals surface area contributed by atoms with Crippen LogP contribution in [0.2, 0.25) is 0 Å². The monoisotopic (exact) mass is 306 g/mol. The fraction of sp³-hybridized carbons (Fsp3) is 0.0667. The molecule has 0 fully saturated rings. The van der Waals surface area contributed by atoms with E-state index in [0.717, 1.165) is 18.2 Å². The average Bonchev–Trinajstić information content (AvgIpc) is 2.49. The van der Waals surface area contributed by atoms with Crippen molar-refractivity contribution in [2.75, 3.05) is 7.11 Å². The summed E-state index contributed by atoms with van der Waals surface area (Å²) in [7, 11) is 1.32. The van der Waals surface area contributed by atoms with Crippen LogP contribution in [-0.4, -0.2) is 17.1 Å². The summed E-state index contributed by atoms with van der Waals surface area (Å²) in [4.78, 5) is 18.4. The fourth-order valence-corrected chi connectivity index (χ4v) is 2.08. The van der Waals surface area contributed by atoms with Gasteiger partial charge in [-0.1, -0.05) is 0 Å². The van der Waals surface area contributed by atoms with E-state index in [9.17, 15) is 18.0 Å². The molecule has 0 bridgehead atoms. The van der Waals surface area contributed by atoms with Crippen LogP contribution in [0.1, 0.15) is 0 Å². The summed E-state index contributed by atoms with van der Waals surface area (Å²) in [5.41, 5.74) is -0.383. The second kappa shape index (κ2) is 5.18. The second-order valence-corrected chi connectivity index (χ2v) is 4.55. The van der Waals surface area contributed by atoms with E-state index >= 15 is 0 Å². The third-order valence-corrected chi connectivity index (χ3v) is 3.17. The summed E-state index contributed by atoms with van der Waals surface area (Å²) in [6.07, 6.45) is 0. The van der Waals surface area contributed by atoms with Gasteiger partial charge in [-0.05, 0) is 24.3 Å². The van der Waals surface area contributed by atoms with Gasteiger partial charge in [-0.2, -0.15) is 0 Å². The molecule has 1 aromatic heterocycles. The molecular formula is C15H9F3N2O2. The van der Waals surface area contributed by atoms with Crippen molar-refractivity contribution >= 4 is 10.9 Å². The number of nitrogens with zero attached hydrogens (tertiary/aromatic N) is 1. The predicted octanol–water partition coefficient (Wildman–Crippen LogP) is 3.02. The smallest absolute Gasteiger partial charge is 0.259 e. The Morgan fingerprint density at radius 2 is 1.77 bits per heavy atom. The second-order valence-electron chi connectivity index (χ2n) is 4.55. The highest BCUT2D eigenvalue weighted by Gasteiger charge is 2.12. The molecule has 0 amide bonds. The Bertz CT molecular complexity index is 938. The topological polar surface area (TPSA) is 55.0 Å². The number of methoxy groups -OCH3 is 1. The van der Waals surface area contributed by atoms with Crippen LogP contribution < -0.4 is 10.3 Å². The number of nitrogens with one attached hydrogen (secondary N) is 1. The number of hydrogen-bond donors (Lipinski definition) is 1. The molecule has 1 heterocycles. The van der Waals surface area contributed by atoms with E-state index in [4.69, 9.17) is 4.74 Å². The molecule has 0 aliphatic rings. The number of hydrogen-bond acceptors (Lipinski definition) is 3. The summed E-state index contributed by atoms with van der Waals surface area (Å²) in [6.45, 7) is 0. The SMILES string of the molecule is COc1ccc(-c2nc3cc(F)c(F)cc3c(=O)[nH]2)cc1F. The van der Waals surface area contributed by atoms with E-state index in [2.05, 4.69) is 9.97 Å². The Balaban J connectivity index is 2.22. The fourth-order valence-electron chi connectivity index (χ4n) is 2.08. The zero-order valence-electron chi connectivity index (χ0n) is 11.3. The van der Waals surface area contributed by atoms with Gasteiger partial charge in [0.1, 0.15) is 5.82 Å². The summed E-state index contributed by atoms with van der Waals surface area (Å²) in [6, 6.07) is 5.59. The number of aromatic nitrogens is 2. The first-order valence-electron chi connectivity index (χ1n) is 6.22. The molecule has 0 atom stereocenters. The van der Waals surface area contributed by atoms with Gasteiger partial charge in [-0.25, -0.2) is 18.2 Å². The Kier molecular flexibility index (Phi) is 3.32. The van der Waals surface area contributed by atoms with Gasteiger partial charge in [0.2, 0.25) is 0 Å². The van der Waals surface area contributed by atoms with Crippen LogP contribution in [-0.2, 0) is 0 Å². The molecule has 0 unspecified atom stereocenters. The molecule has 0 saturated heterocycles. The van der Waals surface area contributed by atoms with Crippen LogP contribution in [0.4, 0.5) is 13.2 Å². The molecule has 3 rings (SSSR count). The lowest BCUT2D eigenvalue weighted by Gasteiger charge is -2.06. The van der Waals surface area contributed by atoms with E-state index in [1.54, 1.807) is 0 Å². The van der Waals surface area contributed by atoms with E-state index < -0.39 is 23.0 Å². The van der Waals surface area contributed by atoms with Crippen LogP contribution in [0.25, 0.3) is 22.3 Å². The normalized spacial score (nSPS) is 10.9. The average molecular weight is 306 g/mol. The van der Waals surface area contributed by atoms with Crippen molar-refractivity contribution in [1.82, 2.24) is 9.97 Å². The van der Waals surface area contributed by atoms with Gasteiger partial charge in [-0.15, -0.1) is 0 Å². The maximum absolute atomic E-state index is 13.7. The molecule has 0 radical (unpaired) electrons. The van der Waals surface area contributed by atoms with Gasteiger partial charge in [-0.3, -0.25) is 4.79 Å². The highest BCUT2D eigenvalue weighted by molar-refractivity contribution is 5.79. The van der Waals surface area contributed by atoms with Gasteiger partial charge in [0.05, 0.1) is 18.0 Å². The quantitative estimate of drug-likeness (QED) is 0.792. The molecule has 0 aliphatic carbocycles. The van der Waals surface area contributed by atoms with E-state index in [-0.39, 0.29) is 28.0 Å². The summed E-state index contributed by atoms with van der Waals surface area (Å²) in [5, 5.41) is -0.0865. The summed E-state index contributed by atoms with van der Waals surface area (Å²) in [5.74, 6) is -2.79. The van der Waals surface area contributed by atoms with Crippen molar-refractivity contribution in [1.29, 1.82) is 0 Å². The zero-order chi connectivity index (χ0) is 15.9. The van der Waals surface area contributed by atoms with Gasteiger partial charge in [0.15, 0.2) is 23.2 Å². The van der Waals surface area contributed by atoms with Crippen molar-refractivity contribution in [2.45, 2.75) is 0 Å². The molecule has 0 saturated carbocycles. The number of fused-ring (bicyclic) bond motifs is 1. The lowest BCUT2D eigenvalue weighted by atomic mass is 10.1. The maximum atomic E-state index is 13.7. The molecule has 3 aromatic rings. The van der Waals surface area contributed by atoms with Crippen molar-refractivity contribution in [3.8, 4) is 17.1 Å². The van der Waals surface area contributed by atoms with Crippen LogP contribution >= 0.6 is 0 Å². The number of aromatic amines is 1. The van der Waals surface area contributed by atoms with Crippen molar-refractivity contribution < 1.29 is 17.9 Å². The number of H-pyrrole nitrogens is 1. The Hall–Kier alpha value is -2.83. The molecule has 2 aromatic carbocycles. The third kappa shape index (κ3) is 2.30. The Morgan fingerprint density at radius 3 is 2.45 bits per heavy atom. The number of halogens is 3. The van der Waals surface area contributed by atoms with Gasteiger partial charge >= 0.3 is 0 Å². The number of benzene rings is 2. The molecule has 0 spiro atoms. The van der Waals surface area contributed by atoms with Crippen LogP contribution in [0.5, 0.6) is 5.75 Å². The molecule has 4 nitrogen and oxygen atoms in total. The van der Waals surface area contributed by atoms with E-state index in [1.807, 2.05) is 0 Å². The Labute approximate surface area is 122 Å². The van der Waals surface area contributed by atoms with Crippen molar-refractivity contribution in [3.63, 3.8) is 0 Å². The molecule has 22 heavy (non-hydrogen) atoms. The highest BCUT2D eigenvalue weighted by Crippen LogP contribution is 2.24. The largest absolute Gasteiger partial charge is 0.494 e. The summed E-state index contributed by atoms with van der Waals surface area (Å²) >= 11 is 0. The van der Waals surface area contributed by atoms with E-state index in [0.29, 0.717) is 0 Å². The minimum absolute atomic E-state index is 0.0196. The Morgan fingerprint density at radius 1 is 1.05 bits per heavy atom. The molecule has 7 heteroatoms. The molecule has 1 N–H and O–H groups in total. The van der Waals surface area contributed by atoms with E-state index in [1.165, 1.54) is 19.2 Å².